The Hall–Kier alpha value is -2.93. The van der Waals surface area contributed by atoms with Crippen molar-refractivity contribution >= 4 is 34.5 Å². The van der Waals surface area contributed by atoms with Crippen LogP contribution in [0.2, 0.25) is 0 Å². The fourth-order valence-corrected chi connectivity index (χ4v) is 3.74. The summed E-state index contributed by atoms with van der Waals surface area (Å²) in [4.78, 5) is 25.1. The van der Waals surface area contributed by atoms with Gasteiger partial charge in [-0.3, -0.25) is 9.59 Å². The van der Waals surface area contributed by atoms with Crippen LogP contribution in [-0.4, -0.2) is 16.4 Å². The number of nitrogens with one attached hydrogen (secondary N) is 2. The molecule has 0 fully saturated rings. The van der Waals surface area contributed by atoms with Crippen molar-refractivity contribution in [1.82, 2.24) is 4.57 Å². The van der Waals surface area contributed by atoms with Crippen LogP contribution in [0.3, 0.4) is 0 Å². The topological polar surface area (TPSA) is 63.1 Å². The lowest BCUT2D eigenvalue weighted by molar-refractivity contribution is -0.114. The number of aromatic nitrogens is 1. The van der Waals surface area contributed by atoms with Gasteiger partial charge in [-0.05, 0) is 49.7 Å². The maximum Gasteiger partial charge on any atom is 0.259 e. The summed E-state index contributed by atoms with van der Waals surface area (Å²) in [6.45, 7) is 5.18. The van der Waals surface area contributed by atoms with Crippen molar-refractivity contribution in [3.8, 4) is 5.00 Å². The summed E-state index contributed by atoms with van der Waals surface area (Å²) >= 11 is 1.50. The molecule has 0 aliphatic carbocycles. The average Bonchev–Trinajstić information content (AvgIpc) is 3.19. The van der Waals surface area contributed by atoms with Crippen LogP contribution in [0.25, 0.3) is 5.00 Å². The van der Waals surface area contributed by atoms with E-state index in [-0.39, 0.29) is 11.6 Å². The molecule has 5 nitrogen and oxygen atoms in total. The quantitative estimate of drug-likeness (QED) is 0.709. The van der Waals surface area contributed by atoms with E-state index < -0.39 is 11.7 Å². The Balaban J connectivity index is 1.96. The van der Waals surface area contributed by atoms with Crippen LogP contribution in [0, 0.1) is 19.7 Å². The van der Waals surface area contributed by atoms with Gasteiger partial charge in [0.2, 0.25) is 5.91 Å². The van der Waals surface area contributed by atoms with Gasteiger partial charge in [0.25, 0.3) is 5.91 Å². The normalized spacial score (nSPS) is 10.6. The number of anilines is 2. The fourth-order valence-electron chi connectivity index (χ4n) is 2.62. The van der Waals surface area contributed by atoms with Gasteiger partial charge in [0, 0.05) is 29.9 Å². The molecule has 2 N–H and O–H groups in total. The van der Waals surface area contributed by atoms with E-state index in [0.717, 1.165) is 15.4 Å². The summed E-state index contributed by atoms with van der Waals surface area (Å²) in [5, 5.41) is 5.98. The number of thiophene rings is 1. The number of nitrogens with zero attached hydrogens (tertiary/aromatic N) is 1. The minimum absolute atomic E-state index is 0.0166. The molecular weight excluding hydrogens is 353 g/mol. The van der Waals surface area contributed by atoms with Gasteiger partial charge >= 0.3 is 0 Å². The number of hydrogen-bond acceptors (Lipinski definition) is 3. The molecule has 0 bridgehead atoms. The molecule has 134 valence electrons. The number of halogens is 1. The summed E-state index contributed by atoms with van der Waals surface area (Å²) in [6, 6.07) is 7.81. The first-order valence-electron chi connectivity index (χ1n) is 7.98. The second-order valence-electron chi connectivity index (χ2n) is 5.88. The second-order valence-corrected chi connectivity index (χ2v) is 7.09. The zero-order valence-corrected chi connectivity index (χ0v) is 15.4. The van der Waals surface area contributed by atoms with Crippen LogP contribution in [-0.2, 0) is 4.79 Å². The van der Waals surface area contributed by atoms with E-state index in [2.05, 4.69) is 10.6 Å². The average molecular weight is 371 g/mol. The van der Waals surface area contributed by atoms with Crippen molar-refractivity contribution in [2.45, 2.75) is 20.8 Å². The lowest BCUT2D eigenvalue weighted by Gasteiger charge is -2.11. The number of aryl methyl sites for hydroxylation is 1. The molecule has 7 heteroatoms. The SMILES string of the molecule is CC(=O)Nc1ccc(F)c(NC(=O)c2c(-n3cccc3)sc(C)c2C)c1. The van der Waals surface area contributed by atoms with Crippen LogP contribution < -0.4 is 10.6 Å². The predicted octanol–water partition coefficient (Wildman–Crippen LogP) is 4.51. The van der Waals surface area contributed by atoms with Crippen molar-refractivity contribution < 1.29 is 14.0 Å². The first kappa shape index (κ1) is 17.9. The third kappa shape index (κ3) is 3.52. The van der Waals surface area contributed by atoms with Gasteiger partial charge < -0.3 is 15.2 Å². The van der Waals surface area contributed by atoms with Gasteiger partial charge in [-0.15, -0.1) is 11.3 Å². The zero-order chi connectivity index (χ0) is 18.8. The molecule has 0 aliphatic rings. The van der Waals surface area contributed by atoms with Gasteiger partial charge in [0.1, 0.15) is 10.8 Å². The summed E-state index contributed by atoms with van der Waals surface area (Å²) in [6.07, 6.45) is 3.72. The fraction of sp³-hybridized carbons (Fsp3) is 0.158. The highest BCUT2D eigenvalue weighted by molar-refractivity contribution is 7.15. The van der Waals surface area contributed by atoms with E-state index in [1.165, 1.54) is 36.5 Å². The van der Waals surface area contributed by atoms with Gasteiger partial charge in [0.15, 0.2) is 0 Å². The van der Waals surface area contributed by atoms with Crippen LogP contribution in [0.1, 0.15) is 27.7 Å². The van der Waals surface area contributed by atoms with Crippen molar-refractivity contribution in [3.05, 3.63) is 64.5 Å². The Bertz CT molecular complexity index is 977. The van der Waals surface area contributed by atoms with Gasteiger partial charge in [-0.2, -0.15) is 0 Å². The van der Waals surface area contributed by atoms with E-state index in [0.29, 0.717) is 11.3 Å². The highest BCUT2D eigenvalue weighted by atomic mass is 32.1. The summed E-state index contributed by atoms with van der Waals surface area (Å²) in [5.74, 6) is -1.23. The molecule has 0 atom stereocenters. The molecule has 3 rings (SSSR count). The highest BCUT2D eigenvalue weighted by Crippen LogP contribution is 2.32. The molecule has 0 aliphatic heterocycles. The molecule has 2 amide bonds. The van der Waals surface area contributed by atoms with E-state index >= 15 is 0 Å². The molecular formula is C19H18FN3O2S. The third-order valence-electron chi connectivity index (χ3n) is 3.97. The molecule has 3 aromatic rings. The summed E-state index contributed by atoms with van der Waals surface area (Å²) in [5.41, 5.74) is 1.80. The van der Waals surface area contributed by atoms with Gasteiger partial charge in [-0.1, -0.05) is 0 Å². The van der Waals surface area contributed by atoms with Crippen molar-refractivity contribution in [1.29, 1.82) is 0 Å². The van der Waals surface area contributed by atoms with Gasteiger partial charge in [-0.25, -0.2) is 4.39 Å². The molecule has 2 heterocycles. The molecule has 0 saturated carbocycles. The third-order valence-corrected chi connectivity index (χ3v) is 5.19. The number of benzene rings is 1. The first-order chi connectivity index (χ1) is 12.4. The van der Waals surface area contributed by atoms with Crippen LogP contribution in [0.5, 0.6) is 0 Å². The van der Waals surface area contributed by atoms with Crippen molar-refractivity contribution in [3.63, 3.8) is 0 Å². The van der Waals surface area contributed by atoms with Crippen molar-refractivity contribution in [2.24, 2.45) is 0 Å². The van der Waals surface area contributed by atoms with Crippen LogP contribution >= 0.6 is 11.3 Å². The molecule has 0 saturated heterocycles. The summed E-state index contributed by atoms with van der Waals surface area (Å²) in [7, 11) is 0. The number of carbonyl (C=O) groups excluding carboxylic acids is 2. The molecule has 0 unspecified atom stereocenters. The largest absolute Gasteiger partial charge is 0.326 e. The predicted molar refractivity (Wildman–Crippen MR) is 102 cm³/mol. The Morgan fingerprint density at radius 3 is 2.46 bits per heavy atom. The smallest absolute Gasteiger partial charge is 0.259 e. The lowest BCUT2D eigenvalue weighted by atomic mass is 10.1. The maximum atomic E-state index is 14.1. The Morgan fingerprint density at radius 1 is 1.12 bits per heavy atom. The van der Waals surface area contributed by atoms with E-state index in [9.17, 15) is 14.0 Å². The lowest BCUT2D eigenvalue weighted by Crippen LogP contribution is -2.16. The molecule has 1 aromatic carbocycles. The van der Waals surface area contributed by atoms with E-state index in [4.69, 9.17) is 0 Å². The van der Waals surface area contributed by atoms with Crippen LogP contribution in [0.15, 0.2) is 42.7 Å². The number of hydrogen-bond donors (Lipinski definition) is 2. The monoisotopic (exact) mass is 371 g/mol. The second kappa shape index (κ2) is 7.13. The number of amides is 2. The molecule has 0 radical (unpaired) electrons. The maximum absolute atomic E-state index is 14.1. The molecule has 26 heavy (non-hydrogen) atoms. The van der Waals surface area contributed by atoms with E-state index in [1.807, 2.05) is 42.9 Å². The minimum Gasteiger partial charge on any atom is -0.326 e. The summed E-state index contributed by atoms with van der Waals surface area (Å²) < 4.78 is 16.0. The Morgan fingerprint density at radius 2 is 1.81 bits per heavy atom. The first-order valence-corrected chi connectivity index (χ1v) is 8.80. The zero-order valence-electron chi connectivity index (χ0n) is 14.6. The van der Waals surface area contributed by atoms with Gasteiger partial charge in [0.05, 0.1) is 11.3 Å². The number of carbonyl (C=O) groups is 2. The Labute approximate surface area is 154 Å². The minimum atomic E-state index is -0.570. The highest BCUT2D eigenvalue weighted by Gasteiger charge is 2.21. The Kier molecular flexibility index (Phi) is 4.90. The molecule has 0 spiro atoms. The number of rotatable bonds is 4. The molecule has 2 aromatic heterocycles. The van der Waals surface area contributed by atoms with Crippen LogP contribution in [0.4, 0.5) is 15.8 Å². The van der Waals surface area contributed by atoms with E-state index in [1.54, 1.807) is 0 Å². The standard InChI is InChI=1S/C19H18FN3O2S/c1-11-12(2)26-19(23-8-4-5-9-23)17(11)18(25)22-16-10-14(21-13(3)24)6-7-15(16)20/h4-10H,1-3H3,(H,21,24)(H,22,25). The van der Waals surface area contributed by atoms with Crippen molar-refractivity contribution in [2.75, 3.05) is 10.6 Å².